The molecule has 0 spiro atoms. The van der Waals surface area contributed by atoms with E-state index in [4.69, 9.17) is 5.11 Å². The van der Waals surface area contributed by atoms with Crippen LogP contribution < -0.4 is 10.6 Å². The Hall–Kier alpha value is -4.21. The van der Waals surface area contributed by atoms with Gasteiger partial charge < -0.3 is 30.7 Å². The van der Waals surface area contributed by atoms with Crippen molar-refractivity contribution in [1.82, 2.24) is 10.6 Å². The minimum absolute atomic E-state index is 0.0895. The number of carboxylic acids is 2. The van der Waals surface area contributed by atoms with Gasteiger partial charge in [0.2, 0.25) is 5.91 Å². The van der Waals surface area contributed by atoms with Crippen LogP contribution in [0.4, 0.5) is 0 Å². The molecule has 2 aromatic rings. The Balaban J connectivity index is 1.94. The number of carbonyl (C=O) groups excluding carboxylic acids is 3. The molecule has 0 aromatic heterocycles. The average molecular weight is 470 g/mol. The van der Waals surface area contributed by atoms with Gasteiger partial charge in [0.1, 0.15) is 23.6 Å². The summed E-state index contributed by atoms with van der Waals surface area (Å²) in [5.74, 6) is -4.73. The van der Waals surface area contributed by atoms with E-state index in [1.54, 1.807) is 30.3 Å². The first-order valence-electron chi connectivity index (χ1n) is 10.6. The van der Waals surface area contributed by atoms with E-state index in [1.165, 1.54) is 6.07 Å². The van der Waals surface area contributed by atoms with Crippen LogP contribution in [-0.2, 0) is 14.4 Å². The third-order valence-corrected chi connectivity index (χ3v) is 5.16. The predicted octanol–water partition coefficient (Wildman–Crippen LogP) is 1.93. The van der Waals surface area contributed by atoms with Crippen LogP contribution in [0.15, 0.2) is 48.5 Å². The van der Waals surface area contributed by atoms with Crippen molar-refractivity contribution in [2.24, 2.45) is 0 Å². The van der Waals surface area contributed by atoms with Crippen molar-refractivity contribution in [3.8, 4) is 5.75 Å². The lowest BCUT2D eigenvalue weighted by Gasteiger charge is -2.20. The van der Waals surface area contributed by atoms with Gasteiger partial charge >= 0.3 is 11.9 Å². The van der Waals surface area contributed by atoms with Crippen molar-refractivity contribution in [1.29, 1.82) is 0 Å². The molecule has 2 rings (SSSR count). The first kappa shape index (κ1) is 26.0. The van der Waals surface area contributed by atoms with Crippen molar-refractivity contribution in [3.63, 3.8) is 0 Å². The van der Waals surface area contributed by atoms with Crippen molar-refractivity contribution >= 4 is 30.0 Å². The molecular formula is C24H26N2O8. The second-order valence-corrected chi connectivity index (χ2v) is 7.55. The molecule has 34 heavy (non-hydrogen) atoms. The molecule has 5 N–H and O–H groups in total. The average Bonchev–Trinajstić information content (AvgIpc) is 2.81. The summed E-state index contributed by atoms with van der Waals surface area (Å²) >= 11 is 0. The standard InChI is InChI=1S/C24H26N2O8/c27-13-11-19(24(33)34)26-22(30)17(15-6-2-1-3-7-15)8-4-5-12-25-21(29)16-9-10-20(28)18(14-16)23(31)32/h1-3,6-7,9-10,13-14,17,19,28H,4-5,8,11-12H2,(H,25,29)(H,26,30)(H,31,32)(H,33,34)/t17?,19-/m0/s1. The maximum atomic E-state index is 12.8. The number of amides is 2. The highest BCUT2D eigenvalue weighted by molar-refractivity contribution is 5.98. The Kier molecular flexibility index (Phi) is 9.75. The Morgan fingerprint density at radius 2 is 1.68 bits per heavy atom. The number of benzene rings is 2. The van der Waals surface area contributed by atoms with Crippen LogP contribution in [0.5, 0.6) is 5.75 Å². The van der Waals surface area contributed by atoms with Crippen LogP contribution in [0.3, 0.4) is 0 Å². The number of aliphatic carboxylic acids is 1. The fraction of sp³-hybridized carbons (Fsp3) is 0.292. The topological polar surface area (TPSA) is 170 Å². The molecule has 2 aromatic carbocycles. The first-order valence-corrected chi connectivity index (χ1v) is 10.6. The molecular weight excluding hydrogens is 444 g/mol. The van der Waals surface area contributed by atoms with Gasteiger partial charge in [-0.1, -0.05) is 36.8 Å². The lowest BCUT2D eigenvalue weighted by atomic mass is 9.92. The maximum Gasteiger partial charge on any atom is 0.339 e. The normalized spacial score (nSPS) is 12.2. The Morgan fingerprint density at radius 1 is 0.971 bits per heavy atom. The van der Waals surface area contributed by atoms with Crippen molar-refractivity contribution in [2.45, 2.75) is 37.6 Å². The van der Waals surface area contributed by atoms with Crippen LogP contribution >= 0.6 is 0 Å². The number of hydrogen-bond donors (Lipinski definition) is 5. The minimum Gasteiger partial charge on any atom is -0.507 e. The molecule has 10 heteroatoms. The smallest absolute Gasteiger partial charge is 0.339 e. The van der Waals surface area contributed by atoms with Crippen LogP contribution in [0.1, 0.15) is 57.9 Å². The Bertz CT molecular complexity index is 1040. The molecule has 0 aliphatic heterocycles. The number of hydrogen-bond acceptors (Lipinski definition) is 6. The number of unbranched alkanes of at least 4 members (excludes halogenated alkanes) is 1. The largest absolute Gasteiger partial charge is 0.507 e. The van der Waals surface area contributed by atoms with Crippen molar-refractivity contribution in [2.75, 3.05) is 6.54 Å². The zero-order chi connectivity index (χ0) is 25.1. The van der Waals surface area contributed by atoms with Gasteiger partial charge in [-0.2, -0.15) is 0 Å². The maximum absolute atomic E-state index is 12.8. The van der Waals surface area contributed by atoms with E-state index in [1.807, 2.05) is 0 Å². The summed E-state index contributed by atoms with van der Waals surface area (Å²) in [6.07, 6.45) is 1.50. The van der Waals surface area contributed by atoms with Crippen molar-refractivity contribution < 1.29 is 39.3 Å². The molecule has 0 bridgehead atoms. The molecule has 2 amide bonds. The summed E-state index contributed by atoms with van der Waals surface area (Å²) in [4.78, 5) is 58.1. The van der Waals surface area contributed by atoms with E-state index in [2.05, 4.69) is 10.6 Å². The summed E-state index contributed by atoms with van der Waals surface area (Å²) in [7, 11) is 0. The molecule has 2 atom stereocenters. The number of aromatic hydroxyl groups is 1. The van der Waals surface area contributed by atoms with E-state index in [0.717, 1.165) is 12.1 Å². The van der Waals surface area contributed by atoms with E-state index in [-0.39, 0.29) is 24.1 Å². The number of rotatable bonds is 13. The summed E-state index contributed by atoms with van der Waals surface area (Å²) in [6, 6.07) is 11.1. The molecule has 10 nitrogen and oxygen atoms in total. The first-order chi connectivity index (χ1) is 16.2. The lowest BCUT2D eigenvalue weighted by Crippen LogP contribution is -2.43. The second kappa shape index (κ2) is 12.7. The van der Waals surface area contributed by atoms with Crippen LogP contribution in [-0.4, -0.2) is 57.9 Å². The predicted molar refractivity (Wildman–Crippen MR) is 121 cm³/mol. The van der Waals surface area contributed by atoms with Crippen molar-refractivity contribution in [3.05, 3.63) is 65.2 Å². The number of carboxylic acid groups (broad SMARTS) is 2. The van der Waals surface area contributed by atoms with Crippen LogP contribution in [0.2, 0.25) is 0 Å². The van der Waals surface area contributed by atoms with Gasteiger partial charge in [0, 0.05) is 18.5 Å². The summed E-state index contributed by atoms with van der Waals surface area (Å²) < 4.78 is 0. The summed E-state index contributed by atoms with van der Waals surface area (Å²) in [5.41, 5.74) is 0.412. The molecule has 0 aliphatic carbocycles. The van der Waals surface area contributed by atoms with Gasteiger partial charge in [0.15, 0.2) is 0 Å². The SMILES string of the molecule is O=CC[C@H](NC(=O)C(CCCCNC(=O)c1ccc(O)c(C(=O)O)c1)c1ccccc1)C(=O)O. The third-order valence-electron chi connectivity index (χ3n) is 5.16. The molecule has 180 valence electrons. The highest BCUT2D eigenvalue weighted by atomic mass is 16.4. The van der Waals surface area contributed by atoms with Gasteiger partial charge in [0.05, 0.1) is 5.92 Å². The minimum atomic E-state index is -1.35. The van der Waals surface area contributed by atoms with E-state index in [9.17, 15) is 34.2 Å². The van der Waals surface area contributed by atoms with Crippen LogP contribution in [0, 0.1) is 0 Å². The highest BCUT2D eigenvalue weighted by Crippen LogP contribution is 2.23. The number of phenols is 1. The number of aromatic carboxylic acids is 1. The van der Waals surface area contributed by atoms with Crippen LogP contribution in [0.25, 0.3) is 0 Å². The van der Waals surface area contributed by atoms with E-state index < -0.39 is 41.5 Å². The van der Waals surface area contributed by atoms with E-state index in [0.29, 0.717) is 31.1 Å². The second-order valence-electron chi connectivity index (χ2n) is 7.55. The number of nitrogens with one attached hydrogen (secondary N) is 2. The fourth-order valence-electron chi connectivity index (χ4n) is 3.35. The zero-order valence-electron chi connectivity index (χ0n) is 18.3. The third kappa shape index (κ3) is 7.44. The highest BCUT2D eigenvalue weighted by Gasteiger charge is 2.26. The molecule has 0 saturated heterocycles. The number of carbonyl (C=O) groups is 5. The molecule has 0 saturated carbocycles. The fourth-order valence-corrected chi connectivity index (χ4v) is 3.35. The summed E-state index contributed by atoms with van der Waals surface area (Å²) in [6.45, 7) is 0.258. The van der Waals surface area contributed by atoms with Gasteiger partial charge in [0.25, 0.3) is 5.91 Å². The molecule has 0 heterocycles. The van der Waals surface area contributed by atoms with Gasteiger partial charge in [-0.15, -0.1) is 0 Å². The molecule has 1 unspecified atom stereocenters. The van der Waals surface area contributed by atoms with E-state index >= 15 is 0 Å². The molecule has 0 fully saturated rings. The van der Waals surface area contributed by atoms with Gasteiger partial charge in [-0.05, 0) is 36.6 Å². The quantitative estimate of drug-likeness (QED) is 0.218. The van der Waals surface area contributed by atoms with Gasteiger partial charge in [-0.3, -0.25) is 9.59 Å². The van der Waals surface area contributed by atoms with Gasteiger partial charge in [-0.25, -0.2) is 9.59 Å². The lowest BCUT2D eigenvalue weighted by molar-refractivity contribution is -0.142. The Morgan fingerprint density at radius 3 is 2.29 bits per heavy atom. The Labute approximate surface area is 195 Å². The number of aldehydes is 1. The molecule has 0 radical (unpaired) electrons. The zero-order valence-corrected chi connectivity index (χ0v) is 18.3. The molecule has 0 aliphatic rings. The summed E-state index contributed by atoms with van der Waals surface area (Å²) in [5, 5.41) is 32.9. The monoisotopic (exact) mass is 470 g/mol.